The number of thioether (sulfide) groups is 1. The number of benzene rings is 3. The highest BCUT2D eigenvalue weighted by atomic mass is 32.2. The summed E-state index contributed by atoms with van der Waals surface area (Å²) in [6.45, 7) is 1.49. The van der Waals surface area contributed by atoms with Crippen LogP contribution in [0.3, 0.4) is 0 Å². The number of amides is 1. The van der Waals surface area contributed by atoms with Gasteiger partial charge in [0.15, 0.2) is 10.9 Å². The Morgan fingerprint density at radius 1 is 1.00 bits per heavy atom. The molecule has 0 aliphatic heterocycles. The monoisotopic (exact) mass is 458 g/mol. The molecule has 0 spiro atoms. The first-order chi connectivity index (χ1) is 16.1. The molecule has 33 heavy (non-hydrogen) atoms. The lowest BCUT2D eigenvalue weighted by molar-refractivity contribution is -0.115. The molecule has 0 unspecified atom stereocenters. The quantitative estimate of drug-likeness (QED) is 0.297. The number of methoxy groups -OCH3 is 1. The van der Waals surface area contributed by atoms with Gasteiger partial charge in [0.05, 0.1) is 12.8 Å². The molecule has 8 heteroatoms. The van der Waals surface area contributed by atoms with Crippen LogP contribution in [0.25, 0.3) is 5.69 Å². The highest BCUT2D eigenvalue weighted by Gasteiger charge is 2.25. The smallest absolute Gasteiger partial charge is 0.242 e. The predicted octanol–water partition coefficient (Wildman–Crippen LogP) is 4.95. The second kappa shape index (κ2) is 10.1. The summed E-state index contributed by atoms with van der Waals surface area (Å²) in [5.74, 6) is 0.368. The van der Waals surface area contributed by atoms with Crippen LogP contribution >= 0.6 is 11.8 Å². The number of ether oxygens (including phenoxy) is 1. The Morgan fingerprint density at radius 3 is 2.52 bits per heavy atom. The molecule has 0 saturated heterocycles. The summed E-state index contributed by atoms with van der Waals surface area (Å²) >= 11 is 1.28. The zero-order chi connectivity index (χ0) is 23.2. The Morgan fingerprint density at radius 2 is 1.76 bits per heavy atom. The van der Waals surface area contributed by atoms with Crippen LogP contribution in [0, 0.1) is 0 Å². The van der Waals surface area contributed by atoms with Gasteiger partial charge in [0.25, 0.3) is 0 Å². The molecule has 0 radical (unpaired) electrons. The minimum Gasteiger partial charge on any atom is -0.495 e. The van der Waals surface area contributed by atoms with Crippen molar-refractivity contribution in [3.63, 3.8) is 0 Å². The molecule has 1 atom stereocenters. The first-order valence-corrected chi connectivity index (χ1v) is 11.1. The van der Waals surface area contributed by atoms with E-state index in [1.165, 1.54) is 18.7 Å². The Hall–Kier alpha value is -3.91. The fourth-order valence-corrected chi connectivity index (χ4v) is 4.35. The second-order valence-electron chi connectivity index (χ2n) is 7.19. The lowest BCUT2D eigenvalue weighted by Gasteiger charge is -2.18. The molecule has 1 aromatic heterocycles. The van der Waals surface area contributed by atoms with Crippen LogP contribution in [0.1, 0.15) is 28.1 Å². The Balaban J connectivity index is 1.66. The summed E-state index contributed by atoms with van der Waals surface area (Å²) in [6, 6.07) is 23.9. The number of Topliss-reactive ketones (excluding diaryl/α,β-unsaturated/α-hetero) is 1. The third-order valence-electron chi connectivity index (χ3n) is 4.96. The van der Waals surface area contributed by atoms with Crippen molar-refractivity contribution in [1.29, 1.82) is 0 Å². The van der Waals surface area contributed by atoms with E-state index in [0.29, 0.717) is 22.2 Å². The minimum atomic E-state index is -0.607. The highest BCUT2D eigenvalue weighted by Crippen LogP contribution is 2.37. The normalized spacial score (nSPS) is 11.6. The summed E-state index contributed by atoms with van der Waals surface area (Å²) in [4.78, 5) is 25.1. The number of rotatable bonds is 8. The zero-order valence-electron chi connectivity index (χ0n) is 18.1. The van der Waals surface area contributed by atoms with Crippen molar-refractivity contribution in [3.05, 3.63) is 96.3 Å². The van der Waals surface area contributed by atoms with Crippen molar-refractivity contribution < 1.29 is 14.3 Å². The van der Waals surface area contributed by atoms with E-state index in [4.69, 9.17) is 4.74 Å². The largest absolute Gasteiger partial charge is 0.495 e. The minimum absolute atomic E-state index is 0.0648. The zero-order valence-corrected chi connectivity index (χ0v) is 19.0. The van der Waals surface area contributed by atoms with Crippen LogP contribution in [-0.4, -0.2) is 33.6 Å². The number of anilines is 1. The van der Waals surface area contributed by atoms with Gasteiger partial charge in [-0.25, -0.2) is 0 Å². The molecular formula is C25H22N4O3S. The molecule has 4 aromatic rings. The lowest BCUT2D eigenvalue weighted by atomic mass is 10.1. The van der Waals surface area contributed by atoms with Gasteiger partial charge < -0.3 is 10.1 Å². The maximum atomic E-state index is 13.4. The van der Waals surface area contributed by atoms with Crippen LogP contribution in [0.15, 0.2) is 90.3 Å². The van der Waals surface area contributed by atoms with E-state index in [2.05, 4.69) is 15.5 Å². The van der Waals surface area contributed by atoms with Gasteiger partial charge in [-0.3, -0.25) is 14.2 Å². The van der Waals surface area contributed by atoms with Crippen molar-refractivity contribution >= 4 is 29.1 Å². The van der Waals surface area contributed by atoms with Gasteiger partial charge in [0.1, 0.15) is 17.3 Å². The number of nitrogens with zero attached hydrogens (tertiary/aromatic N) is 3. The Kier molecular flexibility index (Phi) is 6.85. The van der Waals surface area contributed by atoms with E-state index in [-0.39, 0.29) is 11.7 Å². The van der Waals surface area contributed by atoms with Gasteiger partial charge >= 0.3 is 0 Å². The Bertz CT molecular complexity index is 1270. The van der Waals surface area contributed by atoms with Gasteiger partial charge in [-0.05, 0) is 36.8 Å². The summed E-state index contributed by atoms with van der Waals surface area (Å²) in [5, 5.41) is 11.2. The topological polar surface area (TPSA) is 86.1 Å². The van der Waals surface area contributed by atoms with Crippen LogP contribution < -0.4 is 10.1 Å². The van der Waals surface area contributed by atoms with Crippen molar-refractivity contribution in [2.75, 3.05) is 12.4 Å². The van der Waals surface area contributed by atoms with E-state index in [1.54, 1.807) is 42.3 Å². The van der Waals surface area contributed by atoms with Gasteiger partial charge in [0.2, 0.25) is 5.91 Å². The maximum Gasteiger partial charge on any atom is 0.242 e. The van der Waals surface area contributed by atoms with E-state index in [1.807, 2.05) is 54.6 Å². The summed E-state index contributed by atoms with van der Waals surface area (Å²) < 4.78 is 7.27. The fraction of sp³-hybridized carbons (Fsp3) is 0.120. The van der Waals surface area contributed by atoms with Crippen LogP contribution in [0.4, 0.5) is 5.69 Å². The average molecular weight is 459 g/mol. The number of ketones is 1. The van der Waals surface area contributed by atoms with Gasteiger partial charge in [-0.2, -0.15) is 0 Å². The number of hydrogen-bond acceptors (Lipinski definition) is 6. The van der Waals surface area contributed by atoms with Gasteiger partial charge in [-0.1, -0.05) is 66.4 Å². The summed E-state index contributed by atoms with van der Waals surface area (Å²) in [5.41, 5.74) is 2.68. The van der Waals surface area contributed by atoms with Gasteiger partial charge in [-0.15, -0.1) is 10.2 Å². The molecule has 0 saturated carbocycles. The number of para-hydroxylation sites is 2. The molecular weight excluding hydrogens is 436 g/mol. The molecule has 3 aromatic carbocycles. The molecule has 0 fully saturated rings. The third-order valence-corrected chi connectivity index (χ3v) is 6.17. The molecule has 1 heterocycles. The van der Waals surface area contributed by atoms with Crippen molar-refractivity contribution in [3.8, 4) is 11.4 Å². The van der Waals surface area contributed by atoms with E-state index in [0.717, 1.165) is 11.3 Å². The lowest BCUT2D eigenvalue weighted by Crippen LogP contribution is -2.19. The molecule has 7 nitrogen and oxygen atoms in total. The predicted molar refractivity (Wildman–Crippen MR) is 128 cm³/mol. The van der Waals surface area contributed by atoms with Crippen molar-refractivity contribution in [2.24, 2.45) is 0 Å². The SMILES string of the molecule is COc1ccccc1-n1cnnc1S[C@H](C(=O)Nc1cccc(C(C)=O)c1)c1ccccc1. The first kappa shape index (κ1) is 22.3. The van der Waals surface area contributed by atoms with E-state index < -0.39 is 5.25 Å². The summed E-state index contributed by atoms with van der Waals surface area (Å²) in [7, 11) is 1.60. The fourth-order valence-electron chi connectivity index (χ4n) is 3.33. The third kappa shape index (κ3) is 5.12. The van der Waals surface area contributed by atoms with Crippen molar-refractivity contribution in [2.45, 2.75) is 17.3 Å². The molecule has 0 bridgehead atoms. The molecule has 166 valence electrons. The standard InChI is InChI=1S/C25H22N4O3S/c1-17(30)19-11-8-12-20(15-19)27-24(31)23(18-9-4-3-5-10-18)33-25-28-26-16-29(25)21-13-6-7-14-22(21)32-2/h3-16,23H,1-2H3,(H,27,31)/t23-/m0/s1. The average Bonchev–Trinajstić information content (AvgIpc) is 3.31. The molecule has 1 N–H and O–H groups in total. The highest BCUT2D eigenvalue weighted by molar-refractivity contribution is 8.00. The molecule has 4 rings (SSSR count). The van der Waals surface area contributed by atoms with Crippen LogP contribution in [-0.2, 0) is 4.79 Å². The molecule has 1 amide bonds. The number of aromatic nitrogens is 3. The van der Waals surface area contributed by atoms with E-state index >= 15 is 0 Å². The molecule has 0 aliphatic carbocycles. The number of carbonyl (C=O) groups is 2. The van der Waals surface area contributed by atoms with Crippen LogP contribution in [0.5, 0.6) is 5.75 Å². The van der Waals surface area contributed by atoms with E-state index in [9.17, 15) is 9.59 Å². The van der Waals surface area contributed by atoms with Crippen molar-refractivity contribution in [1.82, 2.24) is 14.8 Å². The maximum absolute atomic E-state index is 13.4. The second-order valence-corrected chi connectivity index (χ2v) is 8.26. The Labute approximate surface area is 195 Å². The van der Waals surface area contributed by atoms with Gasteiger partial charge in [0, 0.05) is 11.3 Å². The summed E-state index contributed by atoms with van der Waals surface area (Å²) in [6.07, 6.45) is 1.59. The number of nitrogens with one attached hydrogen (secondary N) is 1. The molecule has 0 aliphatic rings. The first-order valence-electron chi connectivity index (χ1n) is 10.2. The number of carbonyl (C=O) groups excluding carboxylic acids is 2. The van der Waals surface area contributed by atoms with Crippen LogP contribution in [0.2, 0.25) is 0 Å². The number of hydrogen-bond donors (Lipinski definition) is 1.